The molecule has 0 saturated carbocycles. The quantitative estimate of drug-likeness (QED) is 0.743. The maximum atomic E-state index is 5.61. The molecule has 1 heterocycles. The molecule has 0 aromatic heterocycles. The Morgan fingerprint density at radius 2 is 2.14 bits per heavy atom. The molecular weight excluding hydrogens is 178 g/mol. The van der Waals surface area contributed by atoms with Crippen LogP contribution in [-0.2, 0) is 4.74 Å². The topological polar surface area (TPSA) is 44.5 Å². The predicted octanol–water partition coefficient (Wildman–Crippen LogP) is 1.68. The molecule has 0 amide bonds. The number of hydrogen-bond donors (Lipinski definition) is 1. The summed E-state index contributed by atoms with van der Waals surface area (Å²) in [6, 6.07) is 7.48. The van der Waals surface area contributed by atoms with Crippen LogP contribution in [0.2, 0.25) is 0 Å². The van der Waals surface area contributed by atoms with Gasteiger partial charge in [-0.05, 0) is 30.7 Å². The first-order valence-corrected chi connectivity index (χ1v) is 4.90. The minimum Gasteiger partial charge on any atom is -0.493 e. The van der Waals surface area contributed by atoms with Crippen LogP contribution in [0.5, 0.6) is 5.75 Å². The first-order chi connectivity index (χ1) is 6.84. The van der Waals surface area contributed by atoms with Crippen LogP contribution in [0.3, 0.4) is 0 Å². The Hall–Kier alpha value is -1.22. The van der Waals surface area contributed by atoms with Crippen LogP contribution in [0.15, 0.2) is 24.3 Å². The van der Waals surface area contributed by atoms with Crippen molar-refractivity contribution in [2.24, 2.45) is 5.92 Å². The second kappa shape index (κ2) is 4.33. The van der Waals surface area contributed by atoms with Crippen molar-refractivity contribution in [1.29, 1.82) is 0 Å². The minimum absolute atomic E-state index is 0.549. The van der Waals surface area contributed by atoms with Gasteiger partial charge in [-0.3, -0.25) is 0 Å². The highest BCUT2D eigenvalue weighted by Gasteiger charge is 2.15. The molecule has 3 nitrogen and oxygen atoms in total. The summed E-state index contributed by atoms with van der Waals surface area (Å²) in [6.45, 7) is 2.44. The van der Waals surface area contributed by atoms with E-state index >= 15 is 0 Å². The van der Waals surface area contributed by atoms with Crippen molar-refractivity contribution in [3.8, 4) is 5.75 Å². The summed E-state index contributed by atoms with van der Waals surface area (Å²) in [7, 11) is 0. The van der Waals surface area contributed by atoms with E-state index in [1.807, 2.05) is 24.3 Å². The molecule has 1 aliphatic heterocycles. The van der Waals surface area contributed by atoms with Gasteiger partial charge in [-0.25, -0.2) is 0 Å². The van der Waals surface area contributed by atoms with Gasteiger partial charge in [-0.2, -0.15) is 0 Å². The number of nitrogens with two attached hydrogens (primary N) is 1. The first kappa shape index (κ1) is 9.34. The zero-order valence-corrected chi connectivity index (χ0v) is 8.11. The Kier molecular flexibility index (Phi) is 2.89. The van der Waals surface area contributed by atoms with E-state index in [-0.39, 0.29) is 0 Å². The van der Waals surface area contributed by atoms with Gasteiger partial charge in [0.25, 0.3) is 0 Å². The Morgan fingerprint density at radius 3 is 2.79 bits per heavy atom. The van der Waals surface area contributed by atoms with Gasteiger partial charge in [0.15, 0.2) is 0 Å². The Bertz CT molecular complexity index is 278. The fraction of sp³-hybridized carbons (Fsp3) is 0.455. The van der Waals surface area contributed by atoms with E-state index in [9.17, 15) is 0 Å². The smallest absolute Gasteiger partial charge is 0.119 e. The van der Waals surface area contributed by atoms with Gasteiger partial charge in [0.05, 0.1) is 13.2 Å². The maximum absolute atomic E-state index is 5.61. The van der Waals surface area contributed by atoms with Gasteiger partial charge < -0.3 is 15.2 Å². The standard InChI is InChI=1S/C11H15NO2/c12-10-1-3-11(4-2-10)14-8-9-5-6-13-7-9/h1-4,9H,5-8,12H2/t9-/m1/s1. The minimum atomic E-state index is 0.549. The molecule has 1 fully saturated rings. The number of rotatable bonds is 3. The van der Waals surface area contributed by atoms with Crippen molar-refractivity contribution in [3.05, 3.63) is 24.3 Å². The third kappa shape index (κ3) is 2.39. The van der Waals surface area contributed by atoms with Crippen LogP contribution in [0, 0.1) is 5.92 Å². The van der Waals surface area contributed by atoms with Crippen molar-refractivity contribution in [2.45, 2.75) is 6.42 Å². The van der Waals surface area contributed by atoms with E-state index in [0.717, 1.165) is 37.7 Å². The fourth-order valence-corrected chi connectivity index (χ4v) is 1.49. The molecule has 0 spiro atoms. The second-order valence-electron chi connectivity index (χ2n) is 3.61. The van der Waals surface area contributed by atoms with E-state index in [2.05, 4.69) is 0 Å². The average molecular weight is 193 g/mol. The van der Waals surface area contributed by atoms with E-state index in [1.165, 1.54) is 0 Å². The average Bonchev–Trinajstić information content (AvgIpc) is 2.70. The van der Waals surface area contributed by atoms with Crippen LogP contribution in [0.25, 0.3) is 0 Å². The van der Waals surface area contributed by atoms with Crippen molar-refractivity contribution >= 4 is 5.69 Å². The molecule has 2 N–H and O–H groups in total. The van der Waals surface area contributed by atoms with Crippen molar-refractivity contribution in [2.75, 3.05) is 25.6 Å². The largest absolute Gasteiger partial charge is 0.493 e. The molecule has 3 heteroatoms. The summed E-state index contributed by atoms with van der Waals surface area (Å²) in [5, 5.41) is 0. The monoisotopic (exact) mass is 193 g/mol. The van der Waals surface area contributed by atoms with Gasteiger partial charge in [0.1, 0.15) is 5.75 Å². The Morgan fingerprint density at radius 1 is 1.36 bits per heavy atom. The van der Waals surface area contributed by atoms with E-state index in [1.54, 1.807) is 0 Å². The van der Waals surface area contributed by atoms with Gasteiger partial charge in [-0.15, -0.1) is 0 Å². The highest BCUT2D eigenvalue weighted by atomic mass is 16.5. The van der Waals surface area contributed by atoms with Crippen LogP contribution in [0.1, 0.15) is 6.42 Å². The lowest BCUT2D eigenvalue weighted by atomic mass is 10.1. The van der Waals surface area contributed by atoms with Crippen LogP contribution in [0.4, 0.5) is 5.69 Å². The Balaban J connectivity index is 1.82. The molecule has 1 atom stereocenters. The molecule has 0 radical (unpaired) electrons. The maximum Gasteiger partial charge on any atom is 0.119 e. The van der Waals surface area contributed by atoms with Crippen LogP contribution in [-0.4, -0.2) is 19.8 Å². The van der Waals surface area contributed by atoms with E-state index in [0.29, 0.717) is 5.92 Å². The van der Waals surface area contributed by atoms with Gasteiger partial charge in [0.2, 0.25) is 0 Å². The van der Waals surface area contributed by atoms with Crippen molar-refractivity contribution in [3.63, 3.8) is 0 Å². The zero-order valence-electron chi connectivity index (χ0n) is 8.11. The fourth-order valence-electron chi connectivity index (χ4n) is 1.49. The zero-order chi connectivity index (χ0) is 9.80. The normalized spacial score (nSPS) is 21.0. The summed E-state index contributed by atoms with van der Waals surface area (Å²) in [5.74, 6) is 1.43. The highest BCUT2D eigenvalue weighted by molar-refractivity contribution is 5.41. The molecule has 1 aromatic rings. The molecule has 0 aliphatic carbocycles. The Labute approximate surface area is 83.8 Å². The molecule has 1 aliphatic rings. The lowest BCUT2D eigenvalue weighted by molar-refractivity contribution is 0.167. The summed E-state index contributed by atoms with van der Waals surface area (Å²) in [5.41, 5.74) is 6.33. The summed E-state index contributed by atoms with van der Waals surface area (Å²) >= 11 is 0. The van der Waals surface area contributed by atoms with Gasteiger partial charge >= 0.3 is 0 Å². The summed E-state index contributed by atoms with van der Waals surface area (Å²) < 4.78 is 10.9. The van der Waals surface area contributed by atoms with Gasteiger partial charge in [-0.1, -0.05) is 0 Å². The number of nitrogen functional groups attached to an aromatic ring is 1. The first-order valence-electron chi connectivity index (χ1n) is 4.90. The molecule has 1 aromatic carbocycles. The molecule has 0 unspecified atom stereocenters. The summed E-state index contributed by atoms with van der Waals surface area (Å²) in [6.07, 6.45) is 1.11. The molecule has 14 heavy (non-hydrogen) atoms. The highest BCUT2D eigenvalue weighted by Crippen LogP contribution is 2.17. The molecular formula is C11H15NO2. The van der Waals surface area contributed by atoms with Crippen LogP contribution >= 0.6 is 0 Å². The van der Waals surface area contributed by atoms with Gasteiger partial charge in [0, 0.05) is 18.2 Å². The number of anilines is 1. The lowest BCUT2D eigenvalue weighted by Gasteiger charge is -2.10. The van der Waals surface area contributed by atoms with Crippen LogP contribution < -0.4 is 10.5 Å². The predicted molar refractivity (Wildman–Crippen MR) is 55.3 cm³/mol. The SMILES string of the molecule is Nc1ccc(OC[C@@H]2CCOC2)cc1. The number of hydrogen-bond acceptors (Lipinski definition) is 3. The second-order valence-corrected chi connectivity index (χ2v) is 3.61. The molecule has 0 bridgehead atoms. The van der Waals surface area contributed by atoms with E-state index in [4.69, 9.17) is 15.2 Å². The molecule has 76 valence electrons. The van der Waals surface area contributed by atoms with E-state index < -0.39 is 0 Å². The molecule has 2 rings (SSSR count). The number of benzene rings is 1. The lowest BCUT2D eigenvalue weighted by Crippen LogP contribution is -2.11. The van der Waals surface area contributed by atoms with Crippen molar-refractivity contribution < 1.29 is 9.47 Å². The number of ether oxygens (including phenoxy) is 2. The summed E-state index contributed by atoms with van der Waals surface area (Å²) in [4.78, 5) is 0. The van der Waals surface area contributed by atoms with Crippen molar-refractivity contribution in [1.82, 2.24) is 0 Å². The third-order valence-corrected chi connectivity index (χ3v) is 2.39. The third-order valence-electron chi connectivity index (χ3n) is 2.39. The molecule has 1 saturated heterocycles.